The smallest absolute Gasteiger partial charge is 0.156 e. The number of fused-ring (bicyclic) bond motifs is 1. The van der Waals surface area contributed by atoms with E-state index < -0.39 is 0 Å². The highest BCUT2D eigenvalue weighted by atomic mass is 79.9. The Balaban J connectivity index is 1.88. The standard InChI is InChI=1S/C15H19BrClNO2/c1-15(2)13(9-4-5-20-14(9)15)18-11-7-8(17)6-10(16)12(11)19-3/h6-7,9,13-14,18H,4-5H2,1-3H3. The average Bonchev–Trinajstić information content (AvgIpc) is 2.82. The van der Waals surface area contributed by atoms with Crippen LogP contribution in [0.25, 0.3) is 0 Å². The number of nitrogens with one attached hydrogen (secondary N) is 1. The zero-order valence-corrected chi connectivity index (χ0v) is 14.2. The Morgan fingerprint density at radius 1 is 1.45 bits per heavy atom. The first-order chi connectivity index (χ1) is 9.45. The maximum atomic E-state index is 6.16. The second-order valence-electron chi connectivity index (χ2n) is 6.16. The lowest BCUT2D eigenvalue weighted by Crippen LogP contribution is -2.63. The number of hydrogen-bond donors (Lipinski definition) is 1. The van der Waals surface area contributed by atoms with E-state index >= 15 is 0 Å². The van der Waals surface area contributed by atoms with Gasteiger partial charge in [-0.3, -0.25) is 0 Å². The van der Waals surface area contributed by atoms with Gasteiger partial charge in [-0.2, -0.15) is 0 Å². The summed E-state index contributed by atoms with van der Waals surface area (Å²) >= 11 is 9.65. The molecule has 1 aliphatic carbocycles. The third-order valence-corrected chi connectivity index (χ3v) is 5.43. The van der Waals surface area contributed by atoms with Crippen molar-refractivity contribution in [3.63, 3.8) is 0 Å². The van der Waals surface area contributed by atoms with E-state index in [1.807, 2.05) is 12.1 Å². The highest BCUT2D eigenvalue weighted by molar-refractivity contribution is 9.10. The van der Waals surface area contributed by atoms with Crippen LogP contribution in [0.2, 0.25) is 5.02 Å². The van der Waals surface area contributed by atoms with Gasteiger partial charge in [0.1, 0.15) is 0 Å². The van der Waals surface area contributed by atoms with Crippen molar-refractivity contribution in [1.29, 1.82) is 0 Å². The molecule has 1 saturated carbocycles. The molecule has 1 aromatic rings. The first kappa shape index (κ1) is 14.5. The van der Waals surface area contributed by atoms with Crippen molar-refractivity contribution in [1.82, 2.24) is 0 Å². The lowest BCUT2D eigenvalue weighted by Gasteiger charge is -2.55. The van der Waals surface area contributed by atoms with Crippen LogP contribution in [0.15, 0.2) is 16.6 Å². The van der Waals surface area contributed by atoms with Gasteiger partial charge in [0.05, 0.1) is 23.4 Å². The average molecular weight is 361 g/mol. The van der Waals surface area contributed by atoms with Crippen LogP contribution < -0.4 is 10.1 Å². The van der Waals surface area contributed by atoms with Crippen molar-refractivity contribution in [2.75, 3.05) is 19.0 Å². The fraction of sp³-hybridized carbons (Fsp3) is 0.600. The van der Waals surface area contributed by atoms with Crippen molar-refractivity contribution < 1.29 is 9.47 Å². The van der Waals surface area contributed by atoms with Crippen molar-refractivity contribution >= 4 is 33.2 Å². The number of ether oxygens (including phenoxy) is 2. The van der Waals surface area contributed by atoms with E-state index in [-0.39, 0.29) is 5.41 Å². The molecule has 2 aliphatic rings. The molecule has 20 heavy (non-hydrogen) atoms. The molecule has 5 heteroatoms. The van der Waals surface area contributed by atoms with Crippen LogP contribution in [0.4, 0.5) is 5.69 Å². The molecule has 110 valence electrons. The summed E-state index contributed by atoms with van der Waals surface area (Å²) in [5.74, 6) is 1.38. The van der Waals surface area contributed by atoms with E-state index in [1.165, 1.54) is 0 Å². The SMILES string of the molecule is COc1c(Br)cc(Cl)cc1NC1C2CCOC2C1(C)C. The van der Waals surface area contributed by atoms with Gasteiger partial charge < -0.3 is 14.8 Å². The molecule has 0 bridgehead atoms. The Morgan fingerprint density at radius 3 is 2.90 bits per heavy atom. The molecule has 3 unspecified atom stereocenters. The number of halogens is 2. The van der Waals surface area contributed by atoms with Crippen molar-refractivity contribution in [2.45, 2.75) is 32.4 Å². The molecule has 3 rings (SSSR count). The highest BCUT2D eigenvalue weighted by Crippen LogP contribution is 2.54. The van der Waals surface area contributed by atoms with E-state index in [0.29, 0.717) is 23.1 Å². The second kappa shape index (κ2) is 5.08. The molecule has 3 nitrogen and oxygen atoms in total. The highest BCUT2D eigenvalue weighted by Gasteiger charge is 2.59. The number of methoxy groups -OCH3 is 1. The van der Waals surface area contributed by atoms with Crippen LogP contribution in [0, 0.1) is 11.3 Å². The summed E-state index contributed by atoms with van der Waals surface area (Å²) in [7, 11) is 1.67. The number of rotatable bonds is 3. The third-order valence-electron chi connectivity index (χ3n) is 4.62. The molecule has 0 radical (unpaired) electrons. The van der Waals surface area contributed by atoms with E-state index in [1.54, 1.807) is 7.11 Å². The molecular weight excluding hydrogens is 342 g/mol. The van der Waals surface area contributed by atoms with Gasteiger partial charge in [-0.15, -0.1) is 0 Å². The fourth-order valence-electron chi connectivity index (χ4n) is 3.66. The monoisotopic (exact) mass is 359 g/mol. The molecule has 3 atom stereocenters. The molecular formula is C15H19BrClNO2. The van der Waals surface area contributed by atoms with E-state index in [4.69, 9.17) is 21.1 Å². The summed E-state index contributed by atoms with van der Waals surface area (Å²) in [6, 6.07) is 4.15. The second-order valence-corrected chi connectivity index (χ2v) is 7.45. The van der Waals surface area contributed by atoms with Gasteiger partial charge in [0.2, 0.25) is 0 Å². The molecule has 2 fully saturated rings. The number of hydrogen-bond acceptors (Lipinski definition) is 3. The summed E-state index contributed by atoms with van der Waals surface area (Å²) in [4.78, 5) is 0. The largest absolute Gasteiger partial charge is 0.493 e. The minimum atomic E-state index is 0.126. The van der Waals surface area contributed by atoms with Crippen molar-refractivity contribution in [2.24, 2.45) is 11.3 Å². The van der Waals surface area contributed by atoms with Gasteiger partial charge >= 0.3 is 0 Å². The predicted octanol–water partition coefficient (Wildman–Crippen LogP) is 4.34. The Hall–Kier alpha value is -0.450. The van der Waals surface area contributed by atoms with E-state index in [0.717, 1.165) is 28.9 Å². The van der Waals surface area contributed by atoms with Gasteiger partial charge in [0.25, 0.3) is 0 Å². The van der Waals surface area contributed by atoms with Crippen LogP contribution in [-0.2, 0) is 4.74 Å². The zero-order chi connectivity index (χ0) is 14.5. The summed E-state index contributed by atoms with van der Waals surface area (Å²) in [6.45, 7) is 5.37. The normalized spacial score (nSPS) is 30.6. The van der Waals surface area contributed by atoms with Crippen LogP contribution in [0.1, 0.15) is 20.3 Å². The lowest BCUT2D eigenvalue weighted by molar-refractivity contribution is -0.0923. The Labute approximate surface area is 133 Å². The molecule has 1 heterocycles. The van der Waals surface area contributed by atoms with Crippen LogP contribution in [0.3, 0.4) is 0 Å². The van der Waals surface area contributed by atoms with E-state index in [2.05, 4.69) is 35.1 Å². The van der Waals surface area contributed by atoms with Gasteiger partial charge in [0, 0.05) is 29.0 Å². The van der Waals surface area contributed by atoms with Crippen LogP contribution >= 0.6 is 27.5 Å². The Bertz CT molecular complexity index is 535. The topological polar surface area (TPSA) is 30.5 Å². The molecule has 1 aromatic carbocycles. The maximum absolute atomic E-state index is 6.16. The Morgan fingerprint density at radius 2 is 2.20 bits per heavy atom. The molecule has 1 aliphatic heterocycles. The minimum Gasteiger partial charge on any atom is -0.493 e. The molecule has 0 amide bonds. The predicted molar refractivity (Wildman–Crippen MR) is 84.7 cm³/mol. The summed E-state index contributed by atoms with van der Waals surface area (Å²) < 4.78 is 12.2. The molecule has 0 aromatic heterocycles. The minimum absolute atomic E-state index is 0.126. The molecule has 1 saturated heterocycles. The zero-order valence-electron chi connectivity index (χ0n) is 11.9. The first-order valence-electron chi connectivity index (χ1n) is 6.86. The quantitative estimate of drug-likeness (QED) is 0.870. The third kappa shape index (κ3) is 2.13. The van der Waals surface area contributed by atoms with Crippen LogP contribution in [-0.4, -0.2) is 25.9 Å². The summed E-state index contributed by atoms with van der Waals surface area (Å²) in [5.41, 5.74) is 1.07. The summed E-state index contributed by atoms with van der Waals surface area (Å²) in [6.07, 6.45) is 1.49. The molecule has 1 N–H and O–H groups in total. The fourth-order valence-corrected chi connectivity index (χ4v) is 4.63. The van der Waals surface area contributed by atoms with Gasteiger partial charge in [-0.25, -0.2) is 0 Å². The first-order valence-corrected chi connectivity index (χ1v) is 8.03. The van der Waals surface area contributed by atoms with E-state index in [9.17, 15) is 0 Å². The van der Waals surface area contributed by atoms with Gasteiger partial charge in [-0.1, -0.05) is 25.4 Å². The number of anilines is 1. The van der Waals surface area contributed by atoms with Crippen molar-refractivity contribution in [3.8, 4) is 5.75 Å². The van der Waals surface area contributed by atoms with Crippen LogP contribution in [0.5, 0.6) is 5.75 Å². The summed E-state index contributed by atoms with van der Waals surface area (Å²) in [5, 5.41) is 4.31. The number of benzene rings is 1. The Kier molecular flexibility index (Phi) is 3.68. The van der Waals surface area contributed by atoms with Gasteiger partial charge in [0.15, 0.2) is 5.75 Å². The lowest BCUT2D eigenvalue weighted by atomic mass is 9.57. The molecule has 0 spiro atoms. The van der Waals surface area contributed by atoms with Gasteiger partial charge in [-0.05, 0) is 34.5 Å². The maximum Gasteiger partial charge on any atom is 0.156 e. The van der Waals surface area contributed by atoms with Crippen molar-refractivity contribution in [3.05, 3.63) is 21.6 Å².